The lowest BCUT2D eigenvalue weighted by Gasteiger charge is -2.22. The van der Waals surface area contributed by atoms with Crippen molar-refractivity contribution >= 4 is 23.5 Å². The molecule has 100 valence electrons. The Morgan fingerprint density at radius 3 is 2.47 bits per heavy atom. The molecule has 0 aliphatic heterocycles. The monoisotopic (exact) mass is 260 g/mol. The summed E-state index contributed by atoms with van der Waals surface area (Å²) in [7, 11) is 0. The van der Waals surface area contributed by atoms with Gasteiger partial charge in [0.1, 0.15) is 5.78 Å². The van der Waals surface area contributed by atoms with Crippen LogP contribution in [0.1, 0.15) is 53.4 Å². The summed E-state index contributed by atoms with van der Waals surface area (Å²) in [5.74, 6) is 0.767. The maximum atomic E-state index is 11.3. The third-order valence-corrected chi connectivity index (χ3v) is 3.57. The van der Waals surface area contributed by atoms with Crippen molar-refractivity contribution in [2.24, 2.45) is 0 Å². The van der Waals surface area contributed by atoms with E-state index < -0.39 is 0 Å². The fourth-order valence-corrected chi connectivity index (χ4v) is 2.59. The maximum absolute atomic E-state index is 11.3. The molecule has 0 spiro atoms. The number of rotatable bonds is 9. The standard InChI is InChI=1S/C13H24O3S/c1-5-6-8-16-12(15)7-9-17-13(3,4)10-11(2)14/h5-10H2,1-4H3. The van der Waals surface area contributed by atoms with E-state index in [1.165, 1.54) is 0 Å². The summed E-state index contributed by atoms with van der Waals surface area (Å²) in [6, 6.07) is 0. The van der Waals surface area contributed by atoms with Crippen molar-refractivity contribution in [1.29, 1.82) is 0 Å². The van der Waals surface area contributed by atoms with Crippen molar-refractivity contribution < 1.29 is 14.3 Å². The Hall–Kier alpha value is -0.510. The lowest BCUT2D eigenvalue weighted by Crippen LogP contribution is -2.20. The van der Waals surface area contributed by atoms with Gasteiger partial charge in [-0.1, -0.05) is 27.2 Å². The predicted molar refractivity (Wildman–Crippen MR) is 72.3 cm³/mol. The van der Waals surface area contributed by atoms with Gasteiger partial charge < -0.3 is 4.74 Å². The molecule has 17 heavy (non-hydrogen) atoms. The molecule has 3 nitrogen and oxygen atoms in total. The lowest BCUT2D eigenvalue weighted by molar-refractivity contribution is -0.143. The molecule has 0 aliphatic carbocycles. The van der Waals surface area contributed by atoms with Gasteiger partial charge in [0.15, 0.2) is 0 Å². The zero-order valence-electron chi connectivity index (χ0n) is 11.4. The molecule has 0 bridgehead atoms. The quantitative estimate of drug-likeness (QED) is 0.471. The fraction of sp³-hybridized carbons (Fsp3) is 0.846. The third-order valence-electron chi connectivity index (χ3n) is 2.23. The Morgan fingerprint density at radius 2 is 1.94 bits per heavy atom. The Kier molecular flexibility index (Phi) is 8.30. The van der Waals surface area contributed by atoms with E-state index in [9.17, 15) is 9.59 Å². The van der Waals surface area contributed by atoms with Crippen LogP contribution in [-0.2, 0) is 14.3 Å². The van der Waals surface area contributed by atoms with Crippen LogP contribution >= 0.6 is 11.8 Å². The minimum Gasteiger partial charge on any atom is -0.466 e. The van der Waals surface area contributed by atoms with Crippen molar-refractivity contribution in [3.8, 4) is 0 Å². The molecule has 4 heteroatoms. The Bertz CT molecular complexity index is 249. The SMILES string of the molecule is CCCCOC(=O)CCSC(C)(C)CC(C)=O. The van der Waals surface area contributed by atoms with E-state index in [1.807, 2.05) is 13.8 Å². The van der Waals surface area contributed by atoms with Gasteiger partial charge in [0.05, 0.1) is 13.0 Å². The largest absolute Gasteiger partial charge is 0.466 e. The van der Waals surface area contributed by atoms with E-state index in [0.29, 0.717) is 25.2 Å². The number of Topliss-reactive ketones (excluding diaryl/α,β-unsaturated/α-hetero) is 1. The van der Waals surface area contributed by atoms with Crippen LogP contribution in [0.5, 0.6) is 0 Å². The Labute approximate surface area is 109 Å². The molecular weight excluding hydrogens is 236 g/mol. The molecule has 0 heterocycles. The van der Waals surface area contributed by atoms with Crippen molar-refractivity contribution in [1.82, 2.24) is 0 Å². The van der Waals surface area contributed by atoms with Gasteiger partial charge in [-0.3, -0.25) is 9.59 Å². The molecule has 0 amide bonds. The molecule has 0 aromatic carbocycles. The van der Waals surface area contributed by atoms with Crippen molar-refractivity contribution in [2.75, 3.05) is 12.4 Å². The number of thioether (sulfide) groups is 1. The molecule has 0 fully saturated rings. The van der Waals surface area contributed by atoms with E-state index in [4.69, 9.17) is 4.74 Å². The minimum atomic E-state index is -0.135. The van der Waals surface area contributed by atoms with Crippen LogP contribution in [0.25, 0.3) is 0 Å². The van der Waals surface area contributed by atoms with E-state index >= 15 is 0 Å². The fourth-order valence-electron chi connectivity index (χ4n) is 1.46. The van der Waals surface area contributed by atoms with E-state index in [1.54, 1.807) is 18.7 Å². The summed E-state index contributed by atoms with van der Waals surface area (Å²) in [5.41, 5.74) is 0. The number of carbonyl (C=O) groups excluding carboxylic acids is 2. The highest BCUT2D eigenvalue weighted by Gasteiger charge is 2.20. The van der Waals surface area contributed by atoms with Crippen LogP contribution in [-0.4, -0.2) is 28.9 Å². The molecule has 0 atom stereocenters. The van der Waals surface area contributed by atoms with Crippen molar-refractivity contribution in [3.63, 3.8) is 0 Å². The predicted octanol–water partition coefficient (Wildman–Crippen LogP) is 3.21. The van der Waals surface area contributed by atoms with Gasteiger partial charge in [-0.05, 0) is 13.3 Å². The van der Waals surface area contributed by atoms with Gasteiger partial charge in [-0.2, -0.15) is 11.8 Å². The molecule has 0 aromatic rings. The van der Waals surface area contributed by atoms with Crippen LogP contribution < -0.4 is 0 Å². The summed E-state index contributed by atoms with van der Waals surface area (Å²) < 4.78 is 4.97. The minimum absolute atomic E-state index is 0.0878. The topological polar surface area (TPSA) is 43.4 Å². The van der Waals surface area contributed by atoms with Crippen molar-refractivity contribution in [3.05, 3.63) is 0 Å². The first-order chi connectivity index (χ1) is 7.87. The maximum Gasteiger partial charge on any atom is 0.306 e. The average Bonchev–Trinajstić information content (AvgIpc) is 2.15. The lowest BCUT2D eigenvalue weighted by atomic mass is 10.1. The van der Waals surface area contributed by atoms with Gasteiger partial charge >= 0.3 is 5.97 Å². The zero-order chi connectivity index (χ0) is 13.3. The zero-order valence-corrected chi connectivity index (χ0v) is 12.2. The van der Waals surface area contributed by atoms with Crippen LogP contribution in [0.4, 0.5) is 0 Å². The number of ketones is 1. The van der Waals surface area contributed by atoms with Crippen LogP contribution in [0.2, 0.25) is 0 Å². The molecule has 0 saturated carbocycles. The summed E-state index contributed by atoms with van der Waals surface area (Å²) in [5, 5.41) is 0. The average molecular weight is 260 g/mol. The number of hydrogen-bond donors (Lipinski definition) is 0. The molecule has 0 unspecified atom stereocenters. The number of hydrogen-bond acceptors (Lipinski definition) is 4. The Morgan fingerprint density at radius 1 is 1.29 bits per heavy atom. The molecule has 0 rings (SSSR count). The summed E-state index contributed by atoms with van der Waals surface area (Å²) in [4.78, 5) is 22.3. The molecule has 0 saturated heterocycles. The second-order valence-electron chi connectivity index (χ2n) is 4.81. The highest BCUT2D eigenvalue weighted by molar-refractivity contribution is 8.00. The van der Waals surface area contributed by atoms with E-state index in [0.717, 1.165) is 12.8 Å². The van der Waals surface area contributed by atoms with Crippen LogP contribution in [0.3, 0.4) is 0 Å². The first-order valence-electron chi connectivity index (χ1n) is 6.16. The summed E-state index contributed by atoms with van der Waals surface area (Å²) >= 11 is 1.65. The molecular formula is C13H24O3S. The summed E-state index contributed by atoms with van der Waals surface area (Å²) in [6.07, 6.45) is 2.93. The Balaban J connectivity index is 3.67. The summed E-state index contributed by atoms with van der Waals surface area (Å²) in [6.45, 7) is 8.25. The van der Waals surface area contributed by atoms with Gasteiger partial charge in [-0.15, -0.1) is 0 Å². The van der Waals surface area contributed by atoms with Gasteiger partial charge in [0.2, 0.25) is 0 Å². The molecule has 0 radical (unpaired) electrons. The first kappa shape index (κ1) is 16.5. The van der Waals surface area contributed by atoms with Crippen molar-refractivity contribution in [2.45, 2.75) is 58.1 Å². The smallest absolute Gasteiger partial charge is 0.306 e. The molecule has 0 aromatic heterocycles. The van der Waals surface area contributed by atoms with Crippen LogP contribution in [0, 0.1) is 0 Å². The molecule has 0 aliphatic rings. The highest BCUT2D eigenvalue weighted by atomic mass is 32.2. The second kappa shape index (κ2) is 8.56. The normalized spacial score (nSPS) is 11.3. The van der Waals surface area contributed by atoms with Gasteiger partial charge in [-0.25, -0.2) is 0 Å². The first-order valence-corrected chi connectivity index (χ1v) is 7.15. The van der Waals surface area contributed by atoms with Gasteiger partial charge in [0, 0.05) is 16.9 Å². The number of unbranched alkanes of at least 4 members (excludes halogenated alkanes) is 1. The van der Waals surface area contributed by atoms with Crippen LogP contribution in [0.15, 0.2) is 0 Å². The van der Waals surface area contributed by atoms with E-state index in [2.05, 4.69) is 6.92 Å². The second-order valence-corrected chi connectivity index (χ2v) is 6.61. The number of ether oxygens (including phenoxy) is 1. The molecule has 0 N–H and O–H groups in total. The van der Waals surface area contributed by atoms with Gasteiger partial charge in [0.25, 0.3) is 0 Å². The van der Waals surface area contributed by atoms with E-state index in [-0.39, 0.29) is 16.5 Å². The number of esters is 1. The number of carbonyl (C=O) groups is 2. The third kappa shape index (κ3) is 10.4. The highest BCUT2D eigenvalue weighted by Crippen LogP contribution is 2.28.